The van der Waals surface area contributed by atoms with Gasteiger partial charge in [0.25, 0.3) is 0 Å². The number of rotatable bonds is 6. The van der Waals surface area contributed by atoms with Crippen molar-refractivity contribution in [2.45, 2.75) is 51.6 Å². The van der Waals surface area contributed by atoms with Crippen molar-refractivity contribution in [2.24, 2.45) is 0 Å². The normalized spacial score (nSPS) is 14.3. The Bertz CT molecular complexity index is 673. The predicted molar refractivity (Wildman–Crippen MR) is 85.2 cm³/mol. The predicted octanol–water partition coefficient (Wildman–Crippen LogP) is 3.81. The van der Waals surface area contributed by atoms with Crippen molar-refractivity contribution in [3.63, 3.8) is 0 Å². The van der Waals surface area contributed by atoms with Gasteiger partial charge >= 0.3 is 0 Å². The highest BCUT2D eigenvalue weighted by atomic mass is 19.1. The molecule has 1 heterocycles. The Kier molecular flexibility index (Phi) is 4.46. The zero-order chi connectivity index (χ0) is 16.4. The van der Waals surface area contributed by atoms with E-state index in [4.69, 9.17) is 4.42 Å². The summed E-state index contributed by atoms with van der Waals surface area (Å²) in [7, 11) is 0. The lowest BCUT2D eigenvalue weighted by atomic mass is 10.2. The Balaban J connectivity index is 1.60. The van der Waals surface area contributed by atoms with Gasteiger partial charge < -0.3 is 9.32 Å². The van der Waals surface area contributed by atoms with Gasteiger partial charge in [-0.2, -0.15) is 0 Å². The summed E-state index contributed by atoms with van der Waals surface area (Å²) in [6.07, 6.45) is 4.72. The third-order valence-electron chi connectivity index (χ3n) is 4.02. The molecule has 1 fully saturated rings. The molecule has 23 heavy (non-hydrogen) atoms. The number of aromatic nitrogens is 1. The van der Waals surface area contributed by atoms with E-state index in [0.29, 0.717) is 30.5 Å². The SMILES string of the molecule is CC(C)N(C(=O)CCc1ncc(-c2ccc(F)cc2)o1)C1CC1. The lowest BCUT2D eigenvalue weighted by Crippen LogP contribution is -2.38. The van der Waals surface area contributed by atoms with Crippen molar-refractivity contribution in [2.75, 3.05) is 0 Å². The topological polar surface area (TPSA) is 46.3 Å². The summed E-state index contributed by atoms with van der Waals surface area (Å²) >= 11 is 0. The van der Waals surface area contributed by atoms with Crippen LogP contribution in [-0.4, -0.2) is 27.9 Å². The molecule has 0 atom stereocenters. The van der Waals surface area contributed by atoms with E-state index in [9.17, 15) is 9.18 Å². The van der Waals surface area contributed by atoms with Crippen LogP contribution in [0.25, 0.3) is 11.3 Å². The first-order valence-corrected chi connectivity index (χ1v) is 8.06. The molecule has 1 aromatic carbocycles. The van der Waals surface area contributed by atoms with E-state index < -0.39 is 0 Å². The molecule has 4 nitrogen and oxygen atoms in total. The summed E-state index contributed by atoms with van der Waals surface area (Å²) < 4.78 is 18.6. The second kappa shape index (κ2) is 6.52. The van der Waals surface area contributed by atoms with Crippen LogP contribution in [0.3, 0.4) is 0 Å². The third kappa shape index (κ3) is 3.78. The first kappa shape index (κ1) is 15.7. The Labute approximate surface area is 135 Å². The molecule has 1 aliphatic carbocycles. The van der Waals surface area contributed by atoms with Crippen molar-refractivity contribution >= 4 is 5.91 Å². The summed E-state index contributed by atoms with van der Waals surface area (Å²) in [4.78, 5) is 18.6. The molecule has 0 N–H and O–H groups in total. The molecular weight excluding hydrogens is 295 g/mol. The first-order chi connectivity index (χ1) is 11.0. The van der Waals surface area contributed by atoms with E-state index in [1.807, 2.05) is 18.7 Å². The number of nitrogens with zero attached hydrogens (tertiary/aromatic N) is 2. The van der Waals surface area contributed by atoms with Gasteiger partial charge in [-0.1, -0.05) is 0 Å². The molecular formula is C18H21FN2O2. The molecule has 0 aliphatic heterocycles. The summed E-state index contributed by atoms with van der Waals surface area (Å²) in [6.45, 7) is 4.10. The monoisotopic (exact) mass is 316 g/mol. The quantitative estimate of drug-likeness (QED) is 0.814. The maximum Gasteiger partial charge on any atom is 0.223 e. The van der Waals surface area contributed by atoms with Crippen molar-refractivity contribution in [3.05, 3.63) is 42.2 Å². The number of hydrogen-bond donors (Lipinski definition) is 0. The average Bonchev–Trinajstić information content (AvgIpc) is 3.22. The fourth-order valence-corrected chi connectivity index (χ4v) is 2.78. The van der Waals surface area contributed by atoms with Gasteiger partial charge in [0.05, 0.1) is 6.20 Å². The third-order valence-corrected chi connectivity index (χ3v) is 4.02. The summed E-state index contributed by atoms with van der Waals surface area (Å²) in [5.74, 6) is 1.00. The van der Waals surface area contributed by atoms with Crippen molar-refractivity contribution in [3.8, 4) is 11.3 Å². The van der Waals surface area contributed by atoms with Crippen molar-refractivity contribution in [1.29, 1.82) is 0 Å². The minimum Gasteiger partial charge on any atom is -0.441 e. The summed E-state index contributed by atoms with van der Waals surface area (Å²) in [5, 5.41) is 0. The summed E-state index contributed by atoms with van der Waals surface area (Å²) in [5.41, 5.74) is 0.776. The van der Waals surface area contributed by atoms with Gasteiger partial charge in [-0.25, -0.2) is 9.37 Å². The molecule has 0 saturated heterocycles. The maximum atomic E-state index is 12.9. The van der Waals surface area contributed by atoms with Gasteiger partial charge in [0.2, 0.25) is 5.91 Å². The second-order valence-electron chi connectivity index (χ2n) is 6.25. The molecule has 3 rings (SSSR count). The van der Waals surface area contributed by atoms with Crippen LogP contribution in [-0.2, 0) is 11.2 Å². The largest absolute Gasteiger partial charge is 0.441 e. The number of oxazole rings is 1. The molecule has 1 saturated carbocycles. The van der Waals surface area contributed by atoms with Gasteiger partial charge in [-0.15, -0.1) is 0 Å². The molecule has 1 aromatic heterocycles. The number of halogens is 1. The number of benzene rings is 1. The van der Waals surface area contributed by atoms with Crippen LogP contribution < -0.4 is 0 Å². The molecule has 5 heteroatoms. The number of aryl methyl sites for hydroxylation is 1. The number of amides is 1. The highest BCUT2D eigenvalue weighted by molar-refractivity contribution is 5.77. The lowest BCUT2D eigenvalue weighted by molar-refractivity contribution is -0.133. The highest BCUT2D eigenvalue weighted by Crippen LogP contribution is 2.29. The van der Waals surface area contributed by atoms with E-state index in [1.165, 1.54) is 12.1 Å². The zero-order valence-corrected chi connectivity index (χ0v) is 13.5. The number of carbonyl (C=O) groups is 1. The minimum atomic E-state index is -0.284. The van der Waals surface area contributed by atoms with E-state index in [2.05, 4.69) is 4.98 Å². The van der Waals surface area contributed by atoms with Crippen LogP contribution in [0.4, 0.5) is 4.39 Å². The fraction of sp³-hybridized carbons (Fsp3) is 0.444. The Morgan fingerprint density at radius 1 is 1.35 bits per heavy atom. The van der Waals surface area contributed by atoms with E-state index in [1.54, 1.807) is 18.3 Å². The number of hydrogen-bond acceptors (Lipinski definition) is 3. The Morgan fingerprint density at radius 3 is 2.65 bits per heavy atom. The molecule has 2 aromatic rings. The van der Waals surface area contributed by atoms with Crippen LogP contribution in [0, 0.1) is 5.82 Å². The van der Waals surface area contributed by atoms with Crippen molar-refractivity contribution < 1.29 is 13.6 Å². The second-order valence-corrected chi connectivity index (χ2v) is 6.25. The smallest absolute Gasteiger partial charge is 0.223 e. The maximum absolute atomic E-state index is 12.9. The molecule has 0 spiro atoms. The zero-order valence-electron chi connectivity index (χ0n) is 13.5. The first-order valence-electron chi connectivity index (χ1n) is 8.06. The van der Waals surface area contributed by atoms with Crippen LogP contribution >= 0.6 is 0 Å². The van der Waals surface area contributed by atoms with Crippen LogP contribution in [0.2, 0.25) is 0 Å². The highest BCUT2D eigenvalue weighted by Gasteiger charge is 2.33. The standard InChI is InChI=1S/C18H21FN2O2/c1-12(2)21(15-7-8-15)18(22)10-9-17-20-11-16(23-17)13-3-5-14(19)6-4-13/h3-6,11-12,15H,7-10H2,1-2H3. The van der Waals surface area contributed by atoms with Crippen LogP contribution in [0.1, 0.15) is 39.0 Å². The molecule has 122 valence electrons. The van der Waals surface area contributed by atoms with Crippen LogP contribution in [0.15, 0.2) is 34.9 Å². The Hall–Kier alpha value is -2.17. The van der Waals surface area contributed by atoms with Gasteiger partial charge in [0, 0.05) is 30.5 Å². The van der Waals surface area contributed by atoms with Gasteiger partial charge in [-0.3, -0.25) is 4.79 Å². The van der Waals surface area contributed by atoms with Crippen molar-refractivity contribution in [1.82, 2.24) is 9.88 Å². The molecule has 0 unspecified atom stereocenters. The molecule has 1 amide bonds. The molecule has 0 radical (unpaired) electrons. The van der Waals surface area contributed by atoms with Crippen LogP contribution in [0.5, 0.6) is 0 Å². The van der Waals surface area contributed by atoms with Gasteiger partial charge in [0.1, 0.15) is 5.82 Å². The van der Waals surface area contributed by atoms with E-state index in [-0.39, 0.29) is 17.8 Å². The van der Waals surface area contributed by atoms with E-state index >= 15 is 0 Å². The van der Waals surface area contributed by atoms with E-state index in [0.717, 1.165) is 18.4 Å². The Morgan fingerprint density at radius 2 is 2.04 bits per heavy atom. The minimum absolute atomic E-state index is 0.157. The fourth-order valence-electron chi connectivity index (χ4n) is 2.78. The van der Waals surface area contributed by atoms with Gasteiger partial charge in [-0.05, 0) is 51.0 Å². The molecule has 1 aliphatic rings. The lowest BCUT2D eigenvalue weighted by Gasteiger charge is -2.26. The average molecular weight is 316 g/mol. The number of carbonyl (C=O) groups excluding carboxylic acids is 1. The summed E-state index contributed by atoms with van der Waals surface area (Å²) in [6, 6.07) is 6.72. The molecule has 0 bridgehead atoms. The van der Waals surface area contributed by atoms with Gasteiger partial charge in [0.15, 0.2) is 11.7 Å².